The third kappa shape index (κ3) is 4.16. The van der Waals surface area contributed by atoms with Crippen LogP contribution in [0.3, 0.4) is 0 Å². The molecule has 0 radical (unpaired) electrons. The quantitative estimate of drug-likeness (QED) is 0.900. The molecule has 1 fully saturated rings. The zero-order valence-corrected chi connectivity index (χ0v) is 13.3. The van der Waals surface area contributed by atoms with Crippen molar-refractivity contribution in [3.05, 3.63) is 16.1 Å². The lowest BCUT2D eigenvalue weighted by atomic mass is 9.77. The number of nitrogens with zero attached hydrogens (tertiary/aromatic N) is 1. The Morgan fingerprint density at radius 1 is 1.63 bits per heavy atom. The highest BCUT2D eigenvalue weighted by Crippen LogP contribution is 2.30. The van der Waals surface area contributed by atoms with Gasteiger partial charge in [-0.2, -0.15) is 0 Å². The highest BCUT2D eigenvalue weighted by molar-refractivity contribution is 7.09. The van der Waals surface area contributed by atoms with E-state index in [-0.39, 0.29) is 29.8 Å². The summed E-state index contributed by atoms with van der Waals surface area (Å²) < 4.78 is 0. The van der Waals surface area contributed by atoms with Crippen molar-refractivity contribution in [3.63, 3.8) is 0 Å². The van der Waals surface area contributed by atoms with E-state index in [1.165, 1.54) is 0 Å². The fourth-order valence-electron chi connectivity index (χ4n) is 2.41. The van der Waals surface area contributed by atoms with E-state index in [4.69, 9.17) is 0 Å². The number of carbonyl (C=O) groups is 1. The molecular weight excluding hydrogens is 282 g/mol. The van der Waals surface area contributed by atoms with E-state index < -0.39 is 0 Å². The largest absolute Gasteiger partial charge is 0.348 e. The maximum absolute atomic E-state index is 12.2. The average molecular weight is 304 g/mol. The first-order chi connectivity index (χ1) is 8.49. The molecule has 1 atom stereocenters. The van der Waals surface area contributed by atoms with E-state index in [9.17, 15) is 4.79 Å². The van der Waals surface area contributed by atoms with Crippen LogP contribution in [-0.4, -0.2) is 23.5 Å². The van der Waals surface area contributed by atoms with Crippen molar-refractivity contribution in [2.75, 3.05) is 6.54 Å². The molecular formula is C13H22ClN3OS. The summed E-state index contributed by atoms with van der Waals surface area (Å²) in [6.07, 6.45) is 2.23. The van der Waals surface area contributed by atoms with Crippen molar-refractivity contribution >= 4 is 29.7 Å². The van der Waals surface area contributed by atoms with Crippen molar-refractivity contribution in [1.82, 2.24) is 15.6 Å². The van der Waals surface area contributed by atoms with Gasteiger partial charge in [-0.1, -0.05) is 13.8 Å². The fourth-order valence-corrected chi connectivity index (χ4v) is 3.12. The number of piperidine rings is 1. The van der Waals surface area contributed by atoms with Gasteiger partial charge in [0.25, 0.3) is 0 Å². The molecule has 1 aromatic rings. The van der Waals surface area contributed by atoms with Gasteiger partial charge >= 0.3 is 0 Å². The maximum Gasteiger partial charge on any atom is 0.238 e. The third-order valence-electron chi connectivity index (χ3n) is 3.47. The Kier molecular flexibility index (Phi) is 5.77. The molecule has 6 heteroatoms. The molecule has 2 heterocycles. The number of hydrogen-bond donors (Lipinski definition) is 2. The number of hydrogen-bond acceptors (Lipinski definition) is 4. The molecule has 19 heavy (non-hydrogen) atoms. The molecule has 1 aliphatic heterocycles. The smallest absolute Gasteiger partial charge is 0.238 e. The van der Waals surface area contributed by atoms with Crippen LogP contribution in [0.4, 0.5) is 0 Å². The van der Waals surface area contributed by atoms with Crippen LogP contribution in [0.1, 0.15) is 37.4 Å². The maximum atomic E-state index is 12.2. The number of thiazole rings is 1. The molecule has 1 unspecified atom stereocenters. The minimum absolute atomic E-state index is 0. The number of aryl methyl sites for hydroxylation is 1. The number of amides is 1. The third-order valence-corrected chi connectivity index (χ3v) is 4.44. The van der Waals surface area contributed by atoms with Crippen LogP contribution in [0.25, 0.3) is 0 Å². The highest BCUT2D eigenvalue weighted by Gasteiger charge is 2.36. The number of nitrogens with one attached hydrogen (secondary N) is 2. The van der Waals surface area contributed by atoms with Crippen LogP contribution < -0.4 is 10.6 Å². The Morgan fingerprint density at radius 2 is 2.37 bits per heavy atom. The number of halogens is 1. The van der Waals surface area contributed by atoms with Crippen molar-refractivity contribution in [2.24, 2.45) is 5.41 Å². The highest BCUT2D eigenvalue weighted by atomic mass is 35.5. The number of carbonyl (C=O) groups excluding carboxylic acids is 1. The summed E-state index contributed by atoms with van der Waals surface area (Å²) in [5.74, 6) is 0.0903. The molecule has 0 aromatic carbocycles. The van der Waals surface area contributed by atoms with Gasteiger partial charge in [-0.3, -0.25) is 4.79 Å². The number of aromatic nitrogens is 1. The molecule has 1 saturated heterocycles. The second-order valence-electron chi connectivity index (χ2n) is 5.58. The van der Waals surface area contributed by atoms with Crippen LogP contribution in [-0.2, 0) is 11.3 Å². The van der Waals surface area contributed by atoms with Gasteiger partial charge in [-0.25, -0.2) is 4.98 Å². The van der Waals surface area contributed by atoms with Gasteiger partial charge < -0.3 is 10.6 Å². The second kappa shape index (κ2) is 6.68. The lowest BCUT2D eigenvalue weighted by Crippen LogP contribution is -2.55. The Labute approximate surface area is 124 Å². The molecule has 1 amide bonds. The van der Waals surface area contributed by atoms with Gasteiger partial charge in [-0.15, -0.1) is 23.7 Å². The standard InChI is InChI=1S/C13H21N3OS.ClH/c1-9-8-18-10(16-9)7-15-12(17)11-13(2,3)5-4-6-14-11;/h8,11,14H,4-7H2,1-3H3,(H,15,17);1H. The van der Waals surface area contributed by atoms with E-state index in [2.05, 4.69) is 29.5 Å². The lowest BCUT2D eigenvalue weighted by molar-refractivity contribution is -0.126. The normalized spacial score (nSPS) is 21.5. The summed E-state index contributed by atoms with van der Waals surface area (Å²) in [5, 5.41) is 9.28. The predicted octanol–water partition coefficient (Wildman–Crippen LogP) is 2.27. The average Bonchev–Trinajstić information content (AvgIpc) is 2.71. The van der Waals surface area contributed by atoms with Crippen molar-refractivity contribution in [3.8, 4) is 0 Å². The first kappa shape index (κ1) is 16.4. The van der Waals surface area contributed by atoms with E-state index >= 15 is 0 Å². The topological polar surface area (TPSA) is 54.0 Å². The molecule has 0 aliphatic carbocycles. The molecule has 1 aromatic heterocycles. The molecule has 1 aliphatic rings. The van der Waals surface area contributed by atoms with E-state index in [0.717, 1.165) is 30.1 Å². The summed E-state index contributed by atoms with van der Waals surface area (Å²) in [7, 11) is 0. The lowest BCUT2D eigenvalue weighted by Gasteiger charge is -2.38. The van der Waals surface area contributed by atoms with E-state index in [1.807, 2.05) is 12.3 Å². The van der Waals surface area contributed by atoms with Crippen LogP contribution in [0.15, 0.2) is 5.38 Å². The van der Waals surface area contributed by atoms with E-state index in [1.54, 1.807) is 11.3 Å². The Bertz CT molecular complexity index is 433. The first-order valence-electron chi connectivity index (χ1n) is 6.41. The SMILES string of the molecule is Cc1csc(CNC(=O)C2NCCCC2(C)C)n1.Cl. The molecule has 2 rings (SSSR count). The first-order valence-corrected chi connectivity index (χ1v) is 7.29. The van der Waals surface area contributed by atoms with Crippen LogP contribution in [0, 0.1) is 12.3 Å². The van der Waals surface area contributed by atoms with Gasteiger partial charge in [0.1, 0.15) is 5.01 Å². The van der Waals surface area contributed by atoms with Crippen molar-refractivity contribution < 1.29 is 4.79 Å². The van der Waals surface area contributed by atoms with Crippen molar-refractivity contribution in [1.29, 1.82) is 0 Å². The summed E-state index contributed by atoms with van der Waals surface area (Å²) in [6.45, 7) is 7.73. The molecule has 4 nitrogen and oxygen atoms in total. The van der Waals surface area contributed by atoms with Crippen LogP contribution in [0.5, 0.6) is 0 Å². The second-order valence-corrected chi connectivity index (χ2v) is 6.52. The van der Waals surface area contributed by atoms with Gasteiger partial charge in [0.15, 0.2) is 0 Å². The van der Waals surface area contributed by atoms with Gasteiger partial charge in [0.2, 0.25) is 5.91 Å². The Hall–Kier alpha value is -0.650. The van der Waals surface area contributed by atoms with Gasteiger partial charge in [0.05, 0.1) is 12.6 Å². The minimum Gasteiger partial charge on any atom is -0.348 e. The summed E-state index contributed by atoms with van der Waals surface area (Å²) in [4.78, 5) is 16.5. The molecule has 0 saturated carbocycles. The number of rotatable bonds is 3. The Morgan fingerprint density at radius 3 is 2.95 bits per heavy atom. The summed E-state index contributed by atoms with van der Waals surface area (Å²) in [6, 6.07) is -0.0905. The van der Waals surface area contributed by atoms with Gasteiger partial charge in [-0.05, 0) is 31.7 Å². The summed E-state index contributed by atoms with van der Waals surface area (Å²) >= 11 is 1.59. The molecule has 0 bridgehead atoms. The van der Waals surface area contributed by atoms with Gasteiger partial charge in [0, 0.05) is 11.1 Å². The zero-order valence-electron chi connectivity index (χ0n) is 11.7. The zero-order chi connectivity index (χ0) is 13.2. The molecule has 0 spiro atoms. The monoisotopic (exact) mass is 303 g/mol. The van der Waals surface area contributed by atoms with Crippen LogP contribution >= 0.6 is 23.7 Å². The van der Waals surface area contributed by atoms with Crippen LogP contribution in [0.2, 0.25) is 0 Å². The Balaban J connectivity index is 0.00000180. The fraction of sp³-hybridized carbons (Fsp3) is 0.692. The minimum atomic E-state index is -0.0905. The summed E-state index contributed by atoms with van der Waals surface area (Å²) in [5.41, 5.74) is 1.04. The molecule has 108 valence electrons. The predicted molar refractivity (Wildman–Crippen MR) is 80.8 cm³/mol. The molecule has 2 N–H and O–H groups in total. The van der Waals surface area contributed by atoms with E-state index in [0.29, 0.717) is 6.54 Å². The van der Waals surface area contributed by atoms with Crippen molar-refractivity contribution in [2.45, 2.75) is 46.2 Å².